The number of benzene rings is 2. The van der Waals surface area contributed by atoms with Gasteiger partial charge in [0.05, 0.1) is 5.70 Å². The van der Waals surface area contributed by atoms with E-state index in [0.717, 1.165) is 24.0 Å². The second-order valence-electron chi connectivity index (χ2n) is 6.37. The molecule has 2 rings (SSSR count). The number of ketones is 1. The summed E-state index contributed by atoms with van der Waals surface area (Å²) in [6.45, 7) is 3.99. The molecule has 2 aromatic rings. The number of amides is 1. The molecule has 0 fully saturated rings. The van der Waals surface area contributed by atoms with E-state index in [1.807, 2.05) is 38.1 Å². The van der Waals surface area contributed by atoms with Crippen LogP contribution in [-0.4, -0.2) is 11.7 Å². The summed E-state index contributed by atoms with van der Waals surface area (Å²) in [7, 11) is 0. The third kappa shape index (κ3) is 7.02. The van der Waals surface area contributed by atoms with Gasteiger partial charge in [-0.2, -0.15) is 0 Å². The quantitative estimate of drug-likeness (QED) is 0.664. The van der Waals surface area contributed by atoms with Crippen molar-refractivity contribution in [3.05, 3.63) is 82.8 Å². The van der Waals surface area contributed by atoms with E-state index >= 15 is 0 Å². The molecule has 0 heterocycles. The summed E-state index contributed by atoms with van der Waals surface area (Å²) in [6.07, 6.45) is 6.66. The average molecular weight is 365 g/mol. The zero-order chi connectivity index (χ0) is 19.6. The van der Waals surface area contributed by atoms with Gasteiger partial charge in [0.15, 0.2) is 5.78 Å². The second-order valence-corrected chi connectivity index (χ2v) is 6.37. The van der Waals surface area contributed by atoms with Crippen LogP contribution in [0.2, 0.25) is 0 Å². The van der Waals surface area contributed by atoms with E-state index in [4.69, 9.17) is 0 Å². The van der Waals surface area contributed by atoms with Gasteiger partial charge in [-0.05, 0) is 48.8 Å². The van der Waals surface area contributed by atoms with E-state index in [-0.39, 0.29) is 23.2 Å². The molecule has 0 spiro atoms. The van der Waals surface area contributed by atoms with Gasteiger partial charge in [0, 0.05) is 12.5 Å². The first-order valence-corrected chi connectivity index (χ1v) is 9.04. The molecule has 0 unspecified atom stereocenters. The minimum atomic E-state index is -0.381. The normalized spacial score (nSPS) is 11.6. The van der Waals surface area contributed by atoms with E-state index in [2.05, 4.69) is 5.32 Å². The van der Waals surface area contributed by atoms with Gasteiger partial charge in [0.25, 0.3) is 0 Å². The number of unbranched alkanes of at least 4 members (excludes halogenated alkanes) is 1. The predicted octanol–water partition coefficient (Wildman–Crippen LogP) is 5.06. The number of Topliss-reactive ketones (excluding diaryl/α,β-unsaturated/α-hetero) is 1. The summed E-state index contributed by atoms with van der Waals surface area (Å²) in [6, 6.07) is 13.5. The topological polar surface area (TPSA) is 46.2 Å². The van der Waals surface area contributed by atoms with Gasteiger partial charge in [-0.1, -0.05) is 55.3 Å². The number of hydrogen-bond acceptors (Lipinski definition) is 2. The van der Waals surface area contributed by atoms with Gasteiger partial charge in [-0.15, -0.1) is 0 Å². The number of aryl methyl sites for hydroxylation is 1. The largest absolute Gasteiger partial charge is 0.319 e. The molecule has 1 N–H and O–H groups in total. The van der Waals surface area contributed by atoms with Crippen molar-refractivity contribution in [1.82, 2.24) is 5.32 Å². The van der Waals surface area contributed by atoms with Crippen LogP contribution >= 0.6 is 0 Å². The van der Waals surface area contributed by atoms with Crippen LogP contribution in [-0.2, 0) is 9.59 Å². The van der Waals surface area contributed by atoms with Crippen molar-refractivity contribution in [2.24, 2.45) is 0 Å². The van der Waals surface area contributed by atoms with Crippen molar-refractivity contribution in [2.75, 3.05) is 0 Å². The molecule has 0 atom stereocenters. The maximum Gasteiger partial charge on any atom is 0.248 e. The van der Waals surface area contributed by atoms with Gasteiger partial charge in [-0.3, -0.25) is 9.59 Å². The Morgan fingerprint density at radius 2 is 1.63 bits per heavy atom. The number of carbonyl (C=O) groups is 2. The predicted molar refractivity (Wildman–Crippen MR) is 107 cm³/mol. The molecule has 2 aromatic carbocycles. The fraction of sp³-hybridized carbons (Fsp3) is 0.217. The Labute approximate surface area is 159 Å². The molecule has 1 amide bonds. The number of rotatable bonds is 8. The van der Waals surface area contributed by atoms with E-state index in [0.29, 0.717) is 12.0 Å². The Morgan fingerprint density at radius 1 is 1.00 bits per heavy atom. The first-order valence-electron chi connectivity index (χ1n) is 9.04. The molecular formula is C23H24FNO2. The maximum absolute atomic E-state index is 13.1. The SMILES string of the molecule is CCCCC(=O)/C(=C/c1ccc(F)cc1)NC(=O)/C=C/c1ccc(C)cc1. The van der Waals surface area contributed by atoms with Gasteiger partial charge in [0.2, 0.25) is 5.91 Å². The van der Waals surface area contributed by atoms with Crippen LogP contribution < -0.4 is 5.32 Å². The number of halogens is 1. The summed E-state index contributed by atoms with van der Waals surface area (Å²) < 4.78 is 13.1. The van der Waals surface area contributed by atoms with Crippen LogP contribution in [0.5, 0.6) is 0 Å². The van der Waals surface area contributed by atoms with E-state index < -0.39 is 0 Å². The molecule has 4 heteroatoms. The lowest BCUT2D eigenvalue weighted by molar-refractivity contribution is -0.120. The third-order valence-corrected chi connectivity index (χ3v) is 4.00. The molecule has 3 nitrogen and oxygen atoms in total. The summed E-state index contributed by atoms with van der Waals surface area (Å²) in [5, 5.41) is 2.66. The number of hydrogen-bond donors (Lipinski definition) is 1. The van der Waals surface area contributed by atoms with Crippen molar-refractivity contribution < 1.29 is 14.0 Å². The van der Waals surface area contributed by atoms with Gasteiger partial charge in [0.1, 0.15) is 5.82 Å². The van der Waals surface area contributed by atoms with Crippen LogP contribution in [0.3, 0.4) is 0 Å². The highest BCUT2D eigenvalue weighted by molar-refractivity contribution is 6.05. The van der Waals surface area contributed by atoms with Crippen molar-refractivity contribution in [1.29, 1.82) is 0 Å². The summed E-state index contributed by atoms with van der Waals surface area (Å²) in [4.78, 5) is 24.7. The molecule has 0 aliphatic rings. The number of nitrogens with one attached hydrogen (secondary N) is 1. The maximum atomic E-state index is 13.1. The minimum absolute atomic E-state index is 0.140. The van der Waals surface area contributed by atoms with Gasteiger partial charge < -0.3 is 5.32 Å². The first-order chi connectivity index (χ1) is 13.0. The van der Waals surface area contributed by atoms with Gasteiger partial charge >= 0.3 is 0 Å². The van der Waals surface area contributed by atoms with E-state index in [9.17, 15) is 14.0 Å². The molecular weight excluding hydrogens is 341 g/mol. The lowest BCUT2D eigenvalue weighted by atomic mass is 10.1. The minimum Gasteiger partial charge on any atom is -0.319 e. The molecule has 0 saturated heterocycles. The smallest absolute Gasteiger partial charge is 0.248 e. The van der Waals surface area contributed by atoms with Crippen LogP contribution in [0.1, 0.15) is 42.9 Å². The average Bonchev–Trinajstić information content (AvgIpc) is 2.66. The highest BCUT2D eigenvalue weighted by Crippen LogP contribution is 2.11. The molecule has 140 valence electrons. The number of allylic oxidation sites excluding steroid dienone is 1. The van der Waals surface area contributed by atoms with Crippen LogP contribution in [0.25, 0.3) is 12.2 Å². The molecule has 0 aromatic heterocycles. The molecule has 0 saturated carbocycles. The Bertz CT molecular complexity index is 834. The highest BCUT2D eigenvalue weighted by Gasteiger charge is 2.11. The second kappa shape index (κ2) is 10.2. The monoisotopic (exact) mass is 365 g/mol. The van der Waals surface area contributed by atoms with Gasteiger partial charge in [-0.25, -0.2) is 4.39 Å². The van der Waals surface area contributed by atoms with E-state index in [1.54, 1.807) is 24.3 Å². The van der Waals surface area contributed by atoms with Crippen molar-refractivity contribution in [3.63, 3.8) is 0 Å². The Balaban J connectivity index is 2.14. The molecule has 27 heavy (non-hydrogen) atoms. The molecule has 0 aliphatic carbocycles. The fourth-order valence-corrected chi connectivity index (χ4v) is 2.41. The standard InChI is InChI=1S/C23H24FNO2/c1-3-4-5-22(26)21(16-19-10-13-20(24)14-11-19)25-23(27)15-12-18-8-6-17(2)7-9-18/h6-16H,3-5H2,1-2H3,(H,25,27)/b15-12+,21-16-. The van der Waals surface area contributed by atoms with Crippen molar-refractivity contribution in [3.8, 4) is 0 Å². The lowest BCUT2D eigenvalue weighted by Crippen LogP contribution is -2.25. The van der Waals surface area contributed by atoms with E-state index in [1.165, 1.54) is 18.2 Å². The first kappa shape index (κ1) is 20.3. The fourth-order valence-electron chi connectivity index (χ4n) is 2.41. The van der Waals surface area contributed by atoms with Crippen LogP contribution in [0.4, 0.5) is 4.39 Å². The Morgan fingerprint density at radius 3 is 2.26 bits per heavy atom. The van der Waals surface area contributed by atoms with Crippen LogP contribution in [0, 0.1) is 12.7 Å². The Hall–Kier alpha value is -3.01. The molecule has 0 aliphatic heterocycles. The summed E-state index contributed by atoms with van der Waals surface area (Å²) >= 11 is 0. The molecule has 0 radical (unpaired) electrons. The van der Waals surface area contributed by atoms with Crippen molar-refractivity contribution >= 4 is 23.8 Å². The zero-order valence-corrected chi connectivity index (χ0v) is 15.7. The third-order valence-electron chi connectivity index (χ3n) is 4.00. The number of carbonyl (C=O) groups excluding carboxylic acids is 2. The lowest BCUT2D eigenvalue weighted by Gasteiger charge is -2.08. The van der Waals surface area contributed by atoms with Crippen molar-refractivity contribution in [2.45, 2.75) is 33.1 Å². The molecule has 0 bridgehead atoms. The van der Waals surface area contributed by atoms with Crippen LogP contribution in [0.15, 0.2) is 60.3 Å². The zero-order valence-electron chi connectivity index (χ0n) is 15.7. The highest BCUT2D eigenvalue weighted by atomic mass is 19.1. The summed E-state index contributed by atoms with van der Waals surface area (Å²) in [5.41, 5.74) is 2.91. The summed E-state index contributed by atoms with van der Waals surface area (Å²) in [5.74, 6) is -0.872. The Kier molecular flexibility index (Phi) is 7.68.